The Kier molecular flexibility index (Phi) is 4.85. The number of ether oxygens (including phenoxy) is 3. The van der Waals surface area contributed by atoms with Crippen molar-refractivity contribution in [1.29, 1.82) is 0 Å². The van der Waals surface area contributed by atoms with Gasteiger partial charge in [-0.3, -0.25) is 0 Å². The van der Waals surface area contributed by atoms with Gasteiger partial charge in [0.25, 0.3) is 0 Å². The Morgan fingerprint density at radius 3 is 2.52 bits per heavy atom. The zero-order valence-electron chi connectivity index (χ0n) is 15.2. The van der Waals surface area contributed by atoms with Gasteiger partial charge in [-0.05, 0) is 43.7 Å². The number of hydrogen-bond donors (Lipinski definition) is 0. The van der Waals surface area contributed by atoms with Crippen LogP contribution in [0.3, 0.4) is 0 Å². The van der Waals surface area contributed by atoms with Crippen molar-refractivity contribution in [2.24, 2.45) is 0 Å². The van der Waals surface area contributed by atoms with Crippen LogP contribution in [0.15, 0.2) is 54.3 Å². The van der Waals surface area contributed by atoms with E-state index in [1.165, 1.54) is 0 Å². The molecule has 1 aliphatic heterocycles. The lowest BCUT2D eigenvalue weighted by molar-refractivity contribution is -0.242. The Morgan fingerprint density at radius 1 is 1.16 bits per heavy atom. The highest BCUT2D eigenvalue weighted by Gasteiger charge is 2.42. The second-order valence-electron chi connectivity index (χ2n) is 7.36. The predicted octanol–water partition coefficient (Wildman–Crippen LogP) is 5.10. The SMILES string of the molecule is CO[C@]1(c2ccc3ccccc3c2)C[C@@H](OC(C)(C)C)C=C(CF)O1. The van der Waals surface area contributed by atoms with Crippen molar-refractivity contribution in [2.75, 3.05) is 13.8 Å². The monoisotopic (exact) mass is 344 g/mol. The van der Waals surface area contributed by atoms with Crippen molar-refractivity contribution < 1.29 is 18.6 Å². The fourth-order valence-corrected chi connectivity index (χ4v) is 3.27. The molecule has 134 valence electrons. The minimum absolute atomic E-state index is 0.246. The van der Waals surface area contributed by atoms with Gasteiger partial charge >= 0.3 is 0 Å². The van der Waals surface area contributed by atoms with Gasteiger partial charge in [0, 0.05) is 19.1 Å². The second kappa shape index (κ2) is 6.77. The molecule has 3 nitrogen and oxygen atoms in total. The third-order valence-electron chi connectivity index (χ3n) is 4.29. The molecule has 2 atom stereocenters. The van der Waals surface area contributed by atoms with Crippen molar-refractivity contribution in [3.05, 3.63) is 59.9 Å². The third-order valence-corrected chi connectivity index (χ3v) is 4.29. The molecule has 0 saturated heterocycles. The first-order valence-corrected chi connectivity index (χ1v) is 8.53. The van der Waals surface area contributed by atoms with E-state index >= 15 is 0 Å². The molecule has 0 amide bonds. The molecule has 4 heteroatoms. The average molecular weight is 344 g/mol. The minimum atomic E-state index is -1.06. The molecule has 2 aromatic carbocycles. The van der Waals surface area contributed by atoms with Crippen molar-refractivity contribution in [1.82, 2.24) is 0 Å². The second-order valence-corrected chi connectivity index (χ2v) is 7.36. The molecule has 0 spiro atoms. The van der Waals surface area contributed by atoms with E-state index in [2.05, 4.69) is 6.07 Å². The van der Waals surface area contributed by atoms with Crippen LogP contribution in [0.2, 0.25) is 0 Å². The normalized spacial score (nSPS) is 24.0. The maximum absolute atomic E-state index is 13.4. The maximum atomic E-state index is 13.4. The van der Waals surface area contributed by atoms with E-state index in [0.29, 0.717) is 6.42 Å². The van der Waals surface area contributed by atoms with Crippen LogP contribution < -0.4 is 0 Å². The van der Waals surface area contributed by atoms with Crippen LogP contribution in [-0.2, 0) is 20.0 Å². The van der Waals surface area contributed by atoms with E-state index in [-0.39, 0.29) is 17.5 Å². The average Bonchev–Trinajstić information content (AvgIpc) is 2.59. The molecule has 0 radical (unpaired) electrons. The van der Waals surface area contributed by atoms with Crippen LogP contribution >= 0.6 is 0 Å². The molecule has 1 aliphatic rings. The molecule has 2 aromatic rings. The summed E-state index contributed by atoms with van der Waals surface area (Å²) < 4.78 is 31.2. The zero-order valence-corrected chi connectivity index (χ0v) is 15.2. The topological polar surface area (TPSA) is 27.7 Å². The molecule has 0 fully saturated rings. The summed E-state index contributed by atoms with van der Waals surface area (Å²) >= 11 is 0. The number of benzene rings is 2. The standard InChI is InChI=1S/C21H25FO3/c1-20(2,3)24-18-12-19(14-22)25-21(13-18,23-4)17-10-9-15-7-5-6-8-16(15)11-17/h5-12,18H,13-14H2,1-4H3/t18-,21+/m0/s1. The van der Waals surface area contributed by atoms with Gasteiger partial charge < -0.3 is 14.2 Å². The van der Waals surface area contributed by atoms with Gasteiger partial charge in [0.1, 0.15) is 12.4 Å². The van der Waals surface area contributed by atoms with Crippen molar-refractivity contribution >= 4 is 10.8 Å². The molecule has 25 heavy (non-hydrogen) atoms. The van der Waals surface area contributed by atoms with E-state index in [0.717, 1.165) is 16.3 Å². The van der Waals surface area contributed by atoms with E-state index in [1.807, 2.05) is 57.2 Å². The number of allylic oxidation sites excluding steroid dienone is 1. The van der Waals surface area contributed by atoms with Crippen molar-refractivity contribution in [3.8, 4) is 0 Å². The molecule has 0 aliphatic carbocycles. The van der Waals surface area contributed by atoms with Gasteiger partial charge in [-0.15, -0.1) is 0 Å². The zero-order chi connectivity index (χ0) is 18.1. The summed E-state index contributed by atoms with van der Waals surface area (Å²) in [5, 5.41) is 2.22. The van der Waals surface area contributed by atoms with E-state index in [9.17, 15) is 4.39 Å². The molecule has 1 heterocycles. The summed E-state index contributed by atoms with van der Waals surface area (Å²) in [5.41, 5.74) is 0.512. The third kappa shape index (κ3) is 3.86. The molecule has 0 saturated carbocycles. The quantitative estimate of drug-likeness (QED) is 0.772. The van der Waals surface area contributed by atoms with Gasteiger partial charge in [-0.25, -0.2) is 4.39 Å². The predicted molar refractivity (Wildman–Crippen MR) is 97.0 cm³/mol. The number of hydrogen-bond acceptors (Lipinski definition) is 3. The summed E-state index contributed by atoms with van der Waals surface area (Å²) in [6, 6.07) is 14.1. The van der Waals surface area contributed by atoms with Gasteiger partial charge in [0.05, 0.1) is 11.7 Å². The smallest absolute Gasteiger partial charge is 0.239 e. The van der Waals surface area contributed by atoms with Crippen LogP contribution in [0.5, 0.6) is 0 Å². The van der Waals surface area contributed by atoms with Gasteiger partial charge in [0.2, 0.25) is 5.79 Å². The molecule has 3 rings (SSSR count). The Balaban J connectivity index is 2.01. The van der Waals surface area contributed by atoms with Gasteiger partial charge in [-0.1, -0.05) is 36.4 Å². The highest BCUT2D eigenvalue weighted by Crippen LogP contribution is 2.40. The fourth-order valence-electron chi connectivity index (χ4n) is 3.27. The molecule has 0 unspecified atom stereocenters. The Bertz CT molecular complexity index is 778. The Hall–Kier alpha value is -1.91. The van der Waals surface area contributed by atoms with Gasteiger partial charge in [-0.2, -0.15) is 0 Å². The molecule has 0 aromatic heterocycles. The molecule has 0 N–H and O–H groups in total. The number of rotatable bonds is 4. The first-order valence-electron chi connectivity index (χ1n) is 8.53. The summed E-state index contributed by atoms with van der Waals surface area (Å²) in [7, 11) is 1.59. The lowest BCUT2D eigenvalue weighted by atomic mass is 9.93. The van der Waals surface area contributed by atoms with Crippen LogP contribution in [0.4, 0.5) is 4.39 Å². The van der Waals surface area contributed by atoms with Crippen molar-refractivity contribution in [2.45, 2.75) is 44.7 Å². The fraction of sp³-hybridized carbons (Fsp3) is 0.429. The van der Waals surface area contributed by atoms with E-state index < -0.39 is 12.5 Å². The van der Waals surface area contributed by atoms with Crippen molar-refractivity contribution in [3.63, 3.8) is 0 Å². The number of halogens is 1. The Labute approximate surface area is 148 Å². The maximum Gasteiger partial charge on any atom is 0.239 e. The highest BCUT2D eigenvalue weighted by atomic mass is 19.1. The molecular formula is C21H25FO3. The van der Waals surface area contributed by atoms with E-state index in [1.54, 1.807) is 13.2 Å². The van der Waals surface area contributed by atoms with Crippen LogP contribution in [0.1, 0.15) is 32.8 Å². The molecular weight excluding hydrogens is 319 g/mol. The van der Waals surface area contributed by atoms with Crippen LogP contribution in [0, 0.1) is 0 Å². The van der Waals surface area contributed by atoms with Crippen LogP contribution in [-0.4, -0.2) is 25.5 Å². The first-order chi connectivity index (χ1) is 11.8. The Morgan fingerprint density at radius 2 is 1.88 bits per heavy atom. The lowest BCUT2D eigenvalue weighted by Gasteiger charge is -2.41. The summed E-state index contributed by atoms with van der Waals surface area (Å²) in [6.07, 6.45) is 1.89. The summed E-state index contributed by atoms with van der Waals surface area (Å²) in [4.78, 5) is 0. The summed E-state index contributed by atoms with van der Waals surface area (Å²) in [5.74, 6) is -0.814. The molecule has 0 bridgehead atoms. The lowest BCUT2D eigenvalue weighted by Crippen LogP contribution is -2.42. The highest BCUT2D eigenvalue weighted by molar-refractivity contribution is 5.83. The minimum Gasteiger partial charge on any atom is -0.460 e. The first kappa shape index (κ1) is 17.9. The van der Waals surface area contributed by atoms with Crippen LogP contribution in [0.25, 0.3) is 10.8 Å². The number of alkyl halides is 1. The number of fused-ring (bicyclic) bond motifs is 1. The summed E-state index contributed by atoms with van der Waals surface area (Å²) in [6.45, 7) is 5.25. The largest absolute Gasteiger partial charge is 0.460 e. The van der Waals surface area contributed by atoms with E-state index in [4.69, 9.17) is 14.2 Å². The van der Waals surface area contributed by atoms with Gasteiger partial charge in [0.15, 0.2) is 0 Å². The number of methoxy groups -OCH3 is 1.